The lowest BCUT2D eigenvalue weighted by Crippen LogP contribution is -2.36. The van der Waals surface area contributed by atoms with E-state index in [2.05, 4.69) is 67.9 Å². The van der Waals surface area contributed by atoms with Crippen LogP contribution in [-0.4, -0.2) is 29.7 Å². The van der Waals surface area contributed by atoms with Gasteiger partial charge in [-0.25, -0.2) is 4.99 Å². The van der Waals surface area contributed by atoms with E-state index in [0.717, 1.165) is 37.4 Å². The third-order valence-corrected chi connectivity index (χ3v) is 7.71. The fraction of sp³-hybridized carbons (Fsp3) is 0.621. The molecule has 2 aromatic rings. The molecule has 0 amide bonds. The molecule has 4 rings (SSSR count). The first-order chi connectivity index (χ1) is 16.7. The van der Waals surface area contributed by atoms with Gasteiger partial charge < -0.3 is 14.1 Å². The van der Waals surface area contributed by atoms with Gasteiger partial charge in [-0.15, -0.1) is 0 Å². The fourth-order valence-electron chi connectivity index (χ4n) is 5.46. The van der Waals surface area contributed by atoms with Crippen molar-refractivity contribution in [3.05, 3.63) is 47.2 Å². The molecule has 1 aromatic carbocycles. The van der Waals surface area contributed by atoms with E-state index in [1.54, 1.807) is 7.11 Å². The summed E-state index contributed by atoms with van der Waals surface area (Å²) in [5.74, 6) is 4.20. The number of hydrogen-bond acceptors (Lipinski definition) is 3. The SMILES string of the molecule is CCCCC(CCC)n1c(CC)cc2c1N=C(CC1CCC1)N(Cc1ccc(OC)cc1)[B]C2. The Bertz CT molecular complexity index is 945. The van der Waals surface area contributed by atoms with E-state index >= 15 is 0 Å². The largest absolute Gasteiger partial charge is 0.497 e. The van der Waals surface area contributed by atoms with Gasteiger partial charge in [-0.3, -0.25) is 0 Å². The molecule has 34 heavy (non-hydrogen) atoms. The smallest absolute Gasteiger partial charge is 0.253 e. The molecule has 0 spiro atoms. The summed E-state index contributed by atoms with van der Waals surface area (Å²) in [5, 5.41) is 0. The number of aryl methyl sites for hydroxylation is 1. The number of aromatic nitrogens is 1. The van der Waals surface area contributed by atoms with Crippen molar-refractivity contribution in [3.8, 4) is 5.75 Å². The molecule has 1 unspecified atom stereocenters. The molecule has 0 bridgehead atoms. The lowest BCUT2D eigenvalue weighted by Gasteiger charge is -2.31. The third-order valence-electron chi connectivity index (χ3n) is 7.71. The number of ether oxygens (including phenoxy) is 1. The highest BCUT2D eigenvalue weighted by Crippen LogP contribution is 2.37. The molecule has 5 heteroatoms. The maximum atomic E-state index is 5.50. The van der Waals surface area contributed by atoms with E-state index < -0.39 is 0 Å². The number of hydrogen-bond donors (Lipinski definition) is 0. The van der Waals surface area contributed by atoms with E-state index in [1.165, 1.54) is 79.8 Å². The molecule has 1 radical (unpaired) electrons. The van der Waals surface area contributed by atoms with Crippen molar-refractivity contribution in [1.82, 2.24) is 9.38 Å². The molecular weight excluding hydrogens is 417 g/mol. The molecule has 0 N–H and O–H groups in total. The van der Waals surface area contributed by atoms with E-state index in [1.807, 2.05) is 0 Å². The summed E-state index contributed by atoms with van der Waals surface area (Å²) in [5.41, 5.74) is 4.16. The minimum Gasteiger partial charge on any atom is -0.497 e. The number of rotatable bonds is 12. The molecule has 1 aromatic heterocycles. The first kappa shape index (κ1) is 24.9. The second-order valence-electron chi connectivity index (χ2n) is 10.2. The molecule has 1 saturated carbocycles. The molecule has 4 nitrogen and oxygen atoms in total. The molecular formula is C29H43BN3O. The van der Waals surface area contributed by atoms with Crippen molar-refractivity contribution < 1.29 is 4.74 Å². The van der Waals surface area contributed by atoms with Crippen molar-refractivity contribution in [2.45, 2.75) is 104 Å². The number of benzene rings is 1. The van der Waals surface area contributed by atoms with Crippen LogP contribution in [0.25, 0.3) is 0 Å². The fourth-order valence-corrected chi connectivity index (χ4v) is 5.46. The summed E-state index contributed by atoms with van der Waals surface area (Å²) >= 11 is 0. The second kappa shape index (κ2) is 12.0. The second-order valence-corrected chi connectivity index (χ2v) is 10.2. The lowest BCUT2D eigenvalue weighted by atomic mass is 9.79. The number of aliphatic imine (C=N–C) groups is 1. The summed E-state index contributed by atoms with van der Waals surface area (Å²) in [7, 11) is 4.13. The van der Waals surface area contributed by atoms with Crippen LogP contribution in [0.5, 0.6) is 5.75 Å². The average Bonchev–Trinajstić information content (AvgIpc) is 3.09. The van der Waals surface area contributed by atoms with Gasteiger partial charge in [0, 0.05) is 24.7 Å². The number of fused-ring (bicyclic) bond motifs is 1. The minimum absolute atomic E-state index is 0.561. The van der Waals surface area contributed by atoms with Crippen molar-refractivity contribution in [3.63, 3.8) is 0 Å². The van der Waals surface area contributed by atoms with Gasteiger partial charge in [-0.05, 0) is 60.8 Å². The summed E-state index contributed by atoms with van der Waals surface area (Å²) < 4.78 is 8.00. The summed E-state index contributed by atoms with van der Waals surface area (Å²) in [6.07, 6.45) is 13.4. The van der Waals surface area contributed by atoms with Gasteiger partial charge in [0.05, 0.1) is 12.9 Å². The van der Waals surface area contributed by atoms with Crippen LogP contribution in [0, 0.1) is 5.92 Å². The van der Waals surface area contributed by atoms with E-state index in [9.17, 15) is 0 Å². The number of amidine groups is 1. The Kier molecular flexibility index (Phi) is 8.80. The molecule has 1 fully saturated rings. The van der Waals surface area contributed by atoms with Gasteiger partial charge in [0.15, 0.2) is 0 Å². The maximum absolute atomic E-state index is 5.50. The van der Waals surface area contributed by atoms with Crippen LogP contribution in [0.3, 0.4) is 0 Å². The molecule has 2 heterocycles. The highest BCUT2D eigenvalue weighted by molar-refractivity contribution is 6.37. The van der Waals surface area contributed by atoms with Crippen LogP contribution in [0.4, 0.5) is 5.82 Å². The Labute approximate surface area is 208 Å². The first-order valence-corrected chi connectivity index (χ1v) is 13.7. The Morgan fingerprint density at radius 1 is 1.09 bits per heavy atom. The number of unbranched alkanes of at least 4 members (excludes halogenated alkanes) is 1. The van der Waals surface area contributed by atoms with Crippen LogP contribution in [0.2, 0.25) is 0 Å². The quantitative estimate of drug-likeness (QED) is 0.308. The Morgan fingerprint density at radius 3 is 2.50 bits per heavy atom. The zero-order valence-electron chi connectivity index (χ0n) is 21.9. The average molecular weight is 460 g/mol. The number of methoxy groups -OCH3 is 1. The predicted molar refractivity (Wildman–Crippen MR) is 144 cm³/mol. The summed E-state index contributed by atoms with van der Waals surface area (Å²) in [4.78, 5) is 7.94. The first-order valence-electron chi connectivity index (χ1n) is 13.7. The zero-order valence-corrected chi connectivity index (χ0v) is 21.9. The molecule has 1 aliphatic heterocycles. The van der Waals surface area contributed by atoms with Crippen LogP contribution >= 0.6 is 0 Å². The normalized spacial score (nSPS) is 16.8. The summed E-state index contributed by atoms with van der Waals surface area (Å²) in [6.45, 7) is 7.80. The lowest BCUT2D eigenvalue weighted by molar-refractivity contribution is 0.320. The van der Waals surface area contributed by atoms with E-state index in [0.29, 0.717) is 6.04 Å². The van der Waals surface area contributed by atoms with Crippen LogP contribution in [0.15, 0.2) is 35.3 Å². The predicted octanol–water partition coefficient (Wildman–Crippen LogP) is 7.45. The van der Waals surface area contributed by atoms with Gasteiger partial charge >= 0.3 is 0 Å². The van der Waals surface area contributed by atoms with Crippen molar-refractivity contribution >= 4 is 19.1 Å². The van der Waals surface area contributed by atoms with Crippen molar-refractivity contribution in [1.29, 1.82) is 0 Å². The molecule has 2 aliphatic rings. The Morgan fingerprint density at radius 2 is 1.88 bits per heavy atom. The highest BCUT2D eigenvalue weighted by atomic mass is 16.5. The minimum atomic E-state index is 0.561. The molecule has 0 saturated heterocycles. The van der Waals surface area contributed by atoms with Gasteiger partial charge in [0.25, 0.3) is 7.41 Å². The molecule has 1 atom stereocenters. The van der Waals surface area contributed by atoms with Gasteiger partial charge in [0.1, 0.15) is 11.6 Å². The standard InChI is InChI=1S/C29H43BN3O/c1-5-8-13-26(10-6-2)33-25(7-3)19-24-20-30-32(21-23-14-16-27(34-4)17-15-23)28(31-29(24)33)18-22-11-9-12-22/h14-17,19,22,26H,5-13,18,20-21H2,1-4H3. The summed E-state index contributed by atoms with van der Waals surface area (Å²) in [6, 6.07) is 11.5. The van der Waals surface area contributed by atoms with Crippen molar-refractivity contribution in [2.24, 2.45) is 10.9 Å². The third kappa shape index (κ3) is 5.72. The van der Waals surface area contributed by atoms with Crippen LogP contribution in [-0.2, 0) is 19.3 Å². The Balaban J connectivity index is 1.68. The van der Waals surface area contributed by atoms with E-state index in [4.69, 9.17) is 9.73 Å². The van der Waals surface area contributed by atoms with Gasteiger partial charge in [-0.2, -0.15) is 0 Å². The Hall–Kier alpha value is -2.17. The monoisotopic (exact) mass is 460 g/mol. The zero-order chi connectivity index (χ0) is 23.9. The van der Waals surface area contributed by atoms with Crippen LogP contribution in [0.1, 0.15) is 101 Å². The van der Waals surface area contributed by atoms with Gasteiger partial charge in [-0.1, -0.05) is 71.4 Å². The van der Waals surface area contributed by atoms with Crippen molar-refractivity contribution in [2.75, 3.05) is 7.11 Å². The molecule has 1 aliphatic carbocycles. The molecule has 183 valence electrons. The van der Waals surface area contributed by atoms with Crippen LogP contribution < -0.4 is 4.74 Å². The van der Waals surface area contributed by atoms with Gasteiger partial charge in [0.2, 0.25) is 0 Å². The topological polar surface area (TPSA) is 29.8 Å². The highest BCUT2D eigenvalue weighted by Gasteiger charge is 2.28. The number of nitrogens with zero attached hydrogens (tertiary/aromatic N) is 3. The maximum Gasteiger partial charge on any atom is 0.253 e. The van der Waals surface area contributed by atoms with E-state index in [-0.39, 0.29) is 0 Å².